The fourth-order valence-electron chi connectivity index (χ4n) is 3.46. The second-order valence-corrected chi connectivity index (χ2v) is 6.79. The van der Waals surface area contributed by atoms with Crippen LogP contribution in [0.4, 0.5) is 10.5 Å². The van der Waals surface area contributed by atoms with Gasteiger partial charge in [0.25, 0.3) is 0 Å². The van der Waals surface area contributed by atoms with E-state index in [2.05, 4.69) is 21.4 Å². The molecule has 0 fully saturated rings. The van der Waals surface area contributed by atoms with Gasteiger partial charge >= 0.3 is 6.09 Å². The molecule has 142 valence electrons. The molecule has 28 heavy (non-hydrogen) atoms. The Kier molecular flexibility index (Phi) is 4.57. The van der Waals surface area contributed by atoms with E-state index in [1.54, 1.807) is 0 Å². The highest BCUT2D eigenvalue weighted by Crippen LogP contribution is 2.31. The first-order valence-corrected chi connectivity index (χ1v) is 9.03. The Labute approximate surface area is 161 Å². The lowest BCUT2D eigenvalue weighted by molar-refractivity contribution is -0.114. The molecular weight excluding hydrogens is 356 g/mol. The molecule has 7 heteroatoms. The van der Waals surface area contributed by atoms with Crippen LogP contribution >= 0.6 is 0 Å². The van der Waals surface area contributed by atoms with Gasteiger partial charge in [0.1, 0.15) is 5.65 Å². The number of carbonyl (C=O) groups is 2. The summed E-state index contributed by atoms with van der Waals surface area (Å²) in [5.74, 6) is -0.102. The number of carbonyl (C=O) groups excluding carboxylic acids is 1. The quantitative estimate of drug-likeness (QED) is 0.644. The van der Waals surface area contributed by atoms with Gasteiger partial charge in [-0.15, -0.1) is 0 Å². The zero-order valence-corrected chi connectivity index (χ0v) is 15.4. The lowest BCUT2D eigenvalue weighted by atomic mass is 9.98. The average molecular weight is 376 g/mol. The molecule has 1 aliphatic heterocycles. The summed E-state index contributed by atoms with van der Waals surface area (Å²) in [4.78, 5) is 31.4. The molecule has 0 atom stereocenters. The van der Waals surface area contributed by atoms with E-state index in [0.29, 0.717) is 19.5 Å². The zero-order valence-electron chi connectivity index (χ0n) is 15.4. The standard InChI is InChI=1S/C21H20N4O3/c1-13(26)24-17-4-2-14(3-5-17)16-10-18-19(12-23-20(18)22-11-16)15-6-8-25(9-7-15)21(27)28/h2-6,10-12H,7-9H2,1H3,(H,22,23)(H,24,26)(H,27,28). The van der Waals surface area contributed by atoms with Gasteiger partial charge in [-0.25, -0.2) is 9.78 Å². The fourth-order valence-corrected chi connectivity index (χ4v) is 3.46. The van der Waals surface area contributed by atoms with E-state index in [-0.39, 0.29) is 5.91 Å². The molecule has 3 aromatic rings. The molecule has 4 rings (SSSR count). The number of amides is 2. The topological polar surface area (TPSA) is 98.3 Å². The fraction of sp³-hybridized carbons (Fsp3) is 0.190. The van der Waals surface area contributed by atoms with Crippen LogP contribution in [0, 0.1) is 0 Å². The Hall–Kier alpha value is -3.61. The van der Waals surface area contributed by atoms with Crippen molar-refractivity contribution >= 4 is 34.3 Å². The summed E-state index contributed by atoms with van der Waals surface area (Å²) in [5.41, 5.74) is 5.72. The maximum absolute atomic E-state index is 11.2. The zero-order chi connectivity index (χ0) is 19.7. The molecular formula is C21H20N4O3. The smallest absolute Gasteiger partial charge is 0.407 e. The summed E-state index contributed by atoms with van der Waals surface area (Å²) in [6.07, 6.45) is 5.51. The van der Waals surface area contributed by atoms with E-state index in [9.17, 15) is 9.59 Å². The Bertz CT molecular complexity index is 1080. The summed E-state index contributed by atoms with van der Waals surface area (Å²) in [6.45, 7) is 2.37. The van der Waals surface area contributed by atoms with Gasteiger partial charge in [-0.05, 0) is 35.8 Å². The van der Waals surface area contributed by atoms with E-state index in [1.807, 2.05) is 42.7 Å². The Morgan fingerprint density at radius 2 is 2.00 bits per heavy atom. The summed E-state index contributed by atoms with van der Waals surface area (Å²) in [6, 6.07) is 9.72. The molecule has 3 heterocycles. The monoisotopic (exact) mass is 376 g/mol. The Morgan fingerprint density at radius 1 is 1.21 bits per heavy atom. The van der Waals surface area contributed by atoms with Crippen LogP contribution in [-0.4, -0.2) is 45.1 Å². The summed E-state index contributed by atoms with van der Waals surface area (Å²) in [7, 11) is 0. The van der Waals surface area contributed by atoms with Crippen molar-refractivity contribution in [1.29, 1.82) is 0 Å². The van der Waals surface area contributed by atoms with Gasteiger partial charge < -0.3 is 20.3 Å². The molecule has 7 nitrogen and oxygen atoms in total. The number of rotatable bonds is 3. The number of aromatic nitrogens is 2. The maximum Gasteiger partial charge on any atom is 0.407 e. The minimum Gasteiger partial charge on any atom is -0.465 e. The number of fused-ring (bicyclic) bond motifs is 1. The van der Waals surface area contributed by atoms with Gasteiger partial charge in [-0.2, -0.15) is 0 Å². The summed E-state index contributed by atoms with van der Waals surface area (Å²) < 4.78 is 0. The number of pyridine rings is 1. The predicted octanol–water partition coefficient (Wildman–Crippen LogP) is 3.96. The number of nitrogens with one attached hydrogen (secondary N) is 2. The molecule has 0 bridgehead atoms. The predicted molar refractivity (Wildman–Crippen MR) is 108 cm³/mol. The molecule has 1 aliphatic rings. The normalized spacial score (nSPS) is 14.0. The van der Waals surface area contributed by atoms with Gasteiger partial charge in [-0.1, -0.05) is 18.2 Å². The Morgan fingerprint density at radius 3 is 2.64 bits per heavy atom. The van der Waals surface area contributed by atoms with Crippen LogP contribution in [0.1, 0.15) is 18.9 Å². The van der Waals surface area contributed by atoms with Crippen molar-refractivity contribution in [3.05, 3.63) is 54.4 Å². The van der Waals surface area contributed by atoms with Crippen molar-refractivity contribution in [2.24, 2.45) is 0 Å². The summed E-state index contributed by atoms with van der Waals surface area (Å²) >= 11 is 0. The first-order chi connectivity index (χ1) is 13.5. The van der Waals surface area contributed by atoms with Crippen LogP contribution in [0.5, 0.6) is 0 Å². The van der Waals surface area contributed by atoms with E-state index < -0.39 is 6.09 Å². The van der Waals surface area contributed by atoms with E-state index in [4.69, 9.17) is 5.11 Å². The van der Waals surface area contributed by atoms with Gasteiger partial charge in [-0.3, -0.25) is 4.79 Å². The number of hydrogen-bond donors (Lipinski definition) is 3. The van der Waals surface area contributed by atoms with Crippen LogP contribution in [0.25, 0.3) is 27.7 Å². The first-order valence-electron chi connectivity index (χ1n) is 9.03. The van der Waals surface area contributed by atoms with Crippen LogP contribution in [0.15, 0.2) is 48.8 Å². The Balaban J connectivity index is 1.65. The van der Waals surface area contributed by atoms with Gasteiger partial charge in [0, 0.05) is 54.6 Å². The molecule has 2 aromatic heterocycles. The third-order valence-corrected chi connectivity index (χ3v) is 4.90. The molecule has 0 radical (unpaired) electrons. The third-order valence-electron chi connectivity index (χ3n) is 4.90. The van der Waals surface area contributed by atoms with Crippen molar-refractivity contribution < 1.29 is 14.7 Å². The highest BCUT2D eigenvalue weighted by Gasteiger charge is 2.19. The van der Waals surface area contributed by atoms with Crippen LogP contribution in [-0.2, 0) is 4.79 Å². The molecule has 1 aromatic carbocycles. The van der Waals surface area contributed by atoms with Crippen molar-refractivity contribution in [2.75, 3.05) is 18.4 Å². The van der Waals surface area contributed by atoms with E-state index >= 15 is 0 Å². The molecule has 0 aliphatic carbocycles. The maximum atomic E-state index is 11.2. The van der Waals surface area contributed by atoms with Crippen LogP contribution in [0.2, 0.25) is 0 Å². The SMILES string of the molecule is CC(=O)Nc1ccc(-c2cnc3[nH]cc(C4=CCN(C(=O)O)CC4)c3c2)cc1. The highest BCUT2D eigenvalue weighted by molar-refractivity contribution is 5.94. The number of aromatic amines is 1. The van der Waals surface area contributed by atoms with E-state index in [0.717, 1.165) is 39.0 Å². The highest BCUT2D eigenvalue weighted by atomic mass is 16.4. The average Bonchev–Trinajstić information content (AvgIpc) is 3.11. The number of benzene rings is 1. The number of H-pyrrole nitrogens is 1. The lowest BCUT2D eigenvalue weighted by Gasteiger charge is -2.23. The largest absolute Gasteiger partial charge is 0.465 e. The van der Waals surface area contributed by atoms with Crippen LogP contribution in [0.3, 0.4) is 0 Å². The van der Waals surface area contributed by atoms with Gasteiger partial charge in [0.15, 0.2) is 0 Å². The van der Waals surface area contributed by atoms with Gasteiger partial charge in [0.05, 0.1) is 0 Å². The van der Waals surface area contributed by atoms with Crippen molar-refractivity contribution in [3.63, 3.8) is 0 Å². The van der Waals surface area contributed by atoms with Gasteiger partial charge in [0.2, 0.25) is 5.91 Å². The second-order valence-electron chi connectivity index (χ2n) is 6.79. The molecule has 3 N–H and O–H groups in total. The second kappa shape index (κ2) is 7.19. The van der Waals surface area contributed by atoms with Crippen LogP contribution < -0.4 is 5.32 Å². The molecule has 0 spiro atoms. The molecule has 0 unspecified atom stereocenters. The molecule has 0 saturated carbocycles. The minimum absolute atomic E-state index is 0.102. The lowest BCUT2D eigenvalue weighted by Crippen LogP contribution is -2.33. The number of hydrogen-bond acceptors (Lipinski definition) is 3. The third kappa shape index (κ3) is 3.46. The summed E-state index contributed by atoms with van der Waals surface area (Å²) in [5, 5.41) is 12.9. The first kappa shape index (κ1) is 17.8. The van der Waals surface area contributed by atoms with Crippen molar-refractivity contribution in [3.8, 4) is 11.1 Å². The molecule has 2 amide bonds. The molecule has 0 saturated heterocycles. The number of carboxylic acid groups (broad SMARTS) is 1. The van der Waals surface area contributed by atoms with Crippen molar-refractivity contribution in [1.82, 2.24) is 14.9 Å². The minimum atomic E-state index is -0.888. The number of nitrogens with zero attached hydrogens (tertiary/aromatic N) is 2. The van der Waals surface area contributed by atoms with E-state index in [1.165, 1.54) is 11.8 Å². The number of anilines is 1. The van der Waals surface area contributed by atoms with Crippen molar-refractivity contribution in [2.45, 2.75) is 13.3 Å².